The van der Waals surface area contributed by atoms with Crippen molar-refractivity contribution in [2.45, 2.75) is 38.6 Å². The first-order valence-corrected chi connectivity index (χ1v) is 6.46. The third-order valence-corrected chi connectivity index (χ3v) is 4.11. The number of hydrogen-bond acceptors (Lipinski definition) is 2. The SMILES string of the molecule is CC1(C)C(CC#N)CCCN1c1ccccc1F. The molecule has 1 heterocycles. The summed E-state index contributed by atoms with van der Waals surface area (Å²) in [5, 5.41) is 8.92. The maximum Gasteiger partial charge on any atom is 0.146 e. The van der Waals surface area contributed by atoms with Gasteiger partial charge in [-0.25, -0.2) is 4.39 Å². The van der Waals surface area contributed by atoms with Crippen molar-refractivity contribution in [2.75, 3.05) is 11.4 Å². The molecule has 1 fully saturated rings. The fourth-order valence-corrected chi connectivity index (χ4v) is 2.92. The zero-order chi connectivity index (χ0) is 13.2. The van der Waals surface area contributed by atoms with Crippen LogP contribution in [0.2, 0.25) is 0 Å². The van der Waals surface area contributed by atoms with Crippen LogP contribution in [0.5, 0.6) is 0 Å². The average molecular weight is 246 g/mol. The molecule has 0 saturated carbocycles. The first-order chi connectivity index (χ1) is 8.57. The summed E-state index contributed by atoms with van der Waals surface area (Å²) in [5.41, 5.74) is 0.487. The van der Waals surface area contributed by atoms with Gasteiger partial charge >= 0.3 is 0 Å². The number of hydrogen-bond donors (Lipinski definition) is 0. The van der Waals surface area contributed by atoms with Crippen molar-refractivity contribution in [3.05, 3.63) is 30.1 Å². The van der Waals surface area contributed by atoms with Gasteiger partial charge in [0.1, 0.15) is 5.82 Å². The van der Waals surface area contributed by atoms with Crippen molar-refractivity contribution >= 4 is 5.69 Å². The van der Waals surface area contributed by atoms with Crippen molar-refractivity contribution < 1.29 is 4.39 Å². The average Bonchev–Trinajstić information content (AvgIpc) is 2.33. The Morgan fingerprint density at radius 2 is 2.17 bits per heavy atom. The molecular weight excluding hydrogens is 227 g/mol. The van der Waals surface area contributed by atoms with Crippen LogP contribution in [0, 0.1) is 23.1 Å². The van der Waals surface area contributed by atoms with E-state index in [1.165, 1.54) is 6.07 Å². The number of para-hydroxylation sites is 1. The second-order valence-corrected chi connectivity index (χ2v) is 5.46. The van der Waals surface area contributed by atoms with Crippen LogP contribution in [-0.2, 0) is 0 Å². The minimum Gasteiger partial charge on any atom is -0.364 e. The van der Waals surface area contributed by atoms with Crippen molar-refractivity contribution in [3.8, 4) is 6.07 Å². The highest BCUT2D eigenvalue weighted by molar-refractivity contribution is 5.50. The quantitative estimate of drug-likeness (QED) is 0.795. The standard InChI is InChI=1S/C15H19FN2/c1-15(2)12(9-10-17)6-5-11-18(15)14-8-4-3-7-13(14)16/h3-4,7-8,12H,5-6,9,11H2,1-2H3. The fraction of sp³-hybridized carbons (Fsp3) is 0.533. The van der Waals surface area contributed by atoms with Crippen molar-refractivity contribution in [2.24, 2.45) is 5.92 Å². The van der Waals surface area contributed by atoms with E-state index >= 15 is 0 Å². The molecule has 18 heavy (non-hydrogen) atoms. The molecule has 1 aliphatic heterocycles. The molecule has 0 radical (unpaired) electrons. The Labute approximate surface area is 108 Å². The van der Waals surface area contributed by atoms with Crippen molar-refractivity contribution in [1.82, 2.24) is 0 Å². The van der Waals surface area contributed by atoms with E-state index in [2.05, 4.69) is 24.8 Å². The normalized spacial score (nSPS) is 22.6. The Balaban J connectivity index is 2.33. The third kappa shape index (κ3) is 2.20. The van der Waals surface area contributed by atoms with Gasteiger partial charge in [-0.1, -0.05) is 12.1 Å². The Bertz CT molecular complexity index is 462. The van der Waals surface area contributed by atoms with Crippen LogP contribution >= 0.6 is 0 Å². The summed E-state index contributed by atoms with van der Waals surface area (Å²) < 4.78 is 13.9. The lowest BCUT2D eigenvalue weighted by molar-refractivity contribution is 0.240. The van der Waals surface area contributed by atoms with E-state index in [1.807, 2.05) is 12.1 Å². The molecule has 1 aromatic carbocycles. The van der Waals surface area contributed by atoms with Gasteiger partial charge in [-0.3, -0.25) is 0 Å². The Hall–Kier alpha value is -1.56. The first-order valence-electron chi connectivity index (χ1n) is 6.46. The molecule has 1 aromatic rings. The van der Waals surface area contributed by atoms with Crippen molar-refractivity contribution in [3.63, 3.8) is 0 Å². The molecule has 0 spiro atoms. The monoisotopic (exact) mass is 246 g/mol. The number of piperidine rings is 1. The number of rotatable bonds is 2. The summed E-state index contributed by atoms with van der Waals surface area (Å²) >= 11 is 0. The van der Waals surface area contributed by atoms with E-state index in [0.29, 0.717) is 18.0 Å². The van der Waals surface area contributed by atoms with Crippen LogP contribution in [0.15, 0.2) is 24.3 Å². The third-order valence-electron chi connectivity index (χ3n) is 4.11. The maximum absolute atomic E-state index is 13.9. The van der Waals surface area contributed by atoms with E-state index in [4.69, 9.17) is 5.26 Å². The number of halogens is 1. The molecule has 96 valence electrons. The Morgan fingerprint density at radius 1 is 1.44 bits per heavy atom. The lowest BCUT2D eigenvalue weighted by atomic mass is 9.77. The lowest BCUT2D eigenvalue weighted by Crippen LogP contribution is -2.53. The van der Waals surface area contributed by atoms with E-state index in [1.54, 1.807) is 6.07 Å². The van der Waals surface area contributed by atoms with Crippen LogP contribution in [-0.4, -0.2) is 12.1 Å². The molecule has 0 aliphatic carbocycles. The van der Waals surface area contributed by atoms with Gasteiger partial charge in [0.25, 0.3) is 0 Å². The smallest absolute Gasteiger partial charge is 0.146 e. The van der Waals surface area contributed by atoms with E-state index in [9.17, 15) is 4.39 Å². The number of anilines is 1. The van der Waals surface area contributed by atoms with Crippen LogP contribution in [0.3, 0.4) is 0 Å². The molecule has 1 saturated heterocycles. The predicted molar refractivity (Wildman–Crippen MR) is 70.8 cm³/mol. The Morgan fingerprint density at radius 3 is 2.83 bits per heavy atom. The molecule has 1 aliphatic rings. The molecule has 0 N–H and O–H groups in total. The van der Waals surface area contributed by atoms with Crippen molar-refractivity contribution in [1.29, 1.82) is 5.26 Å². The highest BCUT2D eigenvalue weighted by atomic mass is 19.1. The minimum absolute atomic E-state index is 0.170. The molecule has 3 heteroatoms. The van der Waals surface area contributed by atoms with Gasteiger partial charge in [-0.2, -0.15) is 5.26 Å². The van der Waals surface area contributed by atoms with E-state index in [-0.39, 0.29) is 11.4 Å². The molecule has 1 atom stereocenters. The fourth-order valence-electron chi connectivity index (χ4n) is 2.92. The molecular formula is C15H19FN2. The van der Waals surface area contributed by atoms with Gasteiger partial charge in [-0.15, -0.1) is 0 Å². The summed E-state index contributed by atoms with van der Waals surface area (Å²) in [4.78, 5) is 2.12. The molecule has 1 unspecified atom stereocenters. The number of benzene rings is 1. The summed E-state index contributed by atoms with van der Waals surface area (Å²) in [6.45, 7) is 5.08. The van der Waals surface area contributed by atoms with E-state index in [0.717, 1.165) is 19.4 Å². The number of nitriles is 1. The van der Waals surface area contributed by atoms with Crippen LogP contribution in [0.1, 0.15) is 33.1 Å². The summed E-state index contributed by atoms with van der Waals surface area (Å²) in [7, 11) is 0. The highest BCUT2D eigenvalue weighted by Gasteiger charge is 2.39. The first kappa shape index (κ1) is 12.9. The molecule has 2 rings (SSSR count). The van der Waals surface area contributed by atoms with Gasteiger partial charge in [0.2, 0.25) is 0 Å². The zero-order valence-corrected chi connectivity index (χ0v) is 11.0. The maximum atomic E-state index is 13.9. The minimum atomic E-state index is -0.178. The van der Waals surface area contributed by atoms with Gasteiger partial charge in [0, 0.05) is 18.5 Å². The highest BCUT2D eigenvalue weighted by Crippen LogP contribution is 2.39. The Kier molecular flexibility index (Phi) is 3.56. The lowest BCUT2D eigenvalue weighted by Gasteiger charge is -2.49. The summed E-state index contributed by atoms with van der Waals surface area (Å²) in [6.07, 6.45) is 2.60. The summed E-state index contributed by atoms with van der Waals surface area (Å²) in [5.74, 6) is 0.124. The van der Waals surface area contributed by atoms with E-state index < -0.39 is 0 Å². The topological polar surface area (TPSA) is 27.0 Å². The predicted octanol–water partition coefficient (Wildman–Crippen LogP) is 3.73. The van der Waals surface area contributed by atoms with Gasteiger partial charge in [0.15, 0.2) is 0 Å². The second-order valence-electron chi connectivity index (χ2n) is 5.46. The number of nitrogens with zero attached hydrogens (tertiary/aromatic N) is 2. The second kappa shape index (κ2) is 4.97. The zero-order valence-electron chi connectivity index (χ0n) is 11.0. The molecule has 0 amide bonds. The van der Waals surface area contributed by atoms with Crippen LogP contribution < -0.4 is 4.90 Å². The largest absolute Gasteiger partial charge is 0.364 e. The van der Waals surface area contributed by atoms with Gasteiger partial charge < -0.3 is 4.90 Å². The molecule has 2 nitrogen and oxygen atoms in total. The van der Waals surface area contributed by atoms with Crippen LogP contribution in [0.25, 0.3) is 0 Å². The molecule has 0 bridgehead atoms. The van der Waals surface area contributed by atoms with Gasteiger partial charge in [-0.05, 0) is 44.7 Å². The van der Waals surface area contributed by atoms with Crippen LogP contribution in [0.4, 0.5) is 10.1 Å². The summed E-state index contributed by atoms with van der Waals surface area (Å²) in [6, 6.07) is 9.16. The van der Waals surface area contributed by atoms with Gasteiger partial charge in [0.05, 0.1) is 11.8 Å². The molecule has 0 aromatic heterocycles.